The number of hydrogen-bond acceptors (Lipinski definition) is 2. The Kier molecular flexibility index (Phi) is 2.16. The highest BCUT2D eigenvalue weighted by atomic mass is 15.3. The summed E-state index contributed by atoms with van der Waals surface area (Å²) in [4.78, 5) is 2.85. The maximum atomic E-state index is 6.15. The van der Waals surface area contributed by atoms with Crippen molar-refractivity contribution in [3.05, 3.63) is 0 Å². The number of fused-ring (bicyclic) bond motifs is 2. The Bertz CT molecular complexity index is 247. The molecule has 0 aromatic rings. The van der Waals surface area contributed by atoms with Crippen LogP contribution in [0.15, 0.2) is 0 Å². The summed E-state index contributed by atoms with van der Waals surface area (Å²) in [5, 5.41) is 0. The van der Waals surface area contributed by atoms with E-state index >= 15 is 0 Å². The van der Waals surface area contributed by atoms with E-state index in [9.17, 15) is 0 Å². The van der Waals surface area contributed by atoms with E-state index in [0.717, 1.165) is 18.1 Å². The fourth-order valence-electron chi connectivity index (χ4n) is 3.92. The van der Waals surface area contributed by atoms with Crippen molar-refractivity contribution in [1.29, 1.82) is 0 Å². The highest BCUT2D eigenvalue weighted by Crippen LogP contribution is 2.53. The Labute approximate surface area is 93.2 Å². The molecule has 2 heteroatoms. The van der Waals surface area contributed by atoms with E-state index in [1.165, 1.54) is 38.5 Å². The van der Waals surface area contributed by atoms with Crippen molar-refractivity contribution in [2.75, 3.05) is 0 Å². The Hall–Kier alpha value is -0.0800. The van der Waals surface area contributed by atoms with Crippen LogP contribution in [0.2, 0.25) is 0 Å². The lowest BCUT2D eigenvalue weighted by atomic mass is 9.81. The van der Waals surface area contributed by atoms with Crippen molar-refractivity contribution in [3.8, 4) is 0 Å². The average molecular weight is 208 g/mol. The predicted molar refractivity (Wildman–Crippen MR) is 62.7 cm³/mol. The molecule has 1 aliphatic carbocycles. The first-order valence-electron chi connectivity index (χ1n) is 6.61. The van der Waals surface area contributed by atoms with Crippen molar-refractivity contribution in [2.24, 2.45) is 11.1 Å². The lowest BCUT2D eigenvalue weighted by Gasteiger charge is -2.49. The quantitative estimate of drug-likeness (QED) is 0.715. The zero-order valence-electron chi connectivity index (χ0n) is 10.1. The summed E-state index contributed by atoms with van der Waals surface area (Å²) in [6.45, 7) is 4.84. The molecule has 2 nitrogen and oxygen atoms in total. The molecular formula is C13H24N2. The topological polar surface area (TPSA) is 29.3 Å². The number of rotatable bonds is 1. The average Bonchev–Trinajstić information content (AvgIpc) is 2.73. The number of nitrogens with two attached hydrogens (primary N) is 1. The third-order valence-electron chi connectivity index (χ3n) is 4.89. The maximum Gasteiger partial charge on any atom is 0.0158 e. The molecular weight excluding hydrogens is 184 g/mol. The zero-order valence-corrected chi connectivity index (χ0v) is 10.1. The van der Waals surface area contributed by atoms with Crippen molar-refractivity contribution in [1.82, 2.24) is 4.90 Å². The fourth-order valence-corrected chi connectivity index (χ4v) is 3.92. The minimum Gasteiger partial charge on any atom is -0.328 e. The largest absolute Gasteiger partial charge is 0.328 e. The van der Waals surface area contributed by atoms with Crippen molar-refractivity contribution >= 4 is 0 Å². The van der Waals surface area contributed by atoms with Gasteiger partial charge in [-0.25, -0.2) is 0 Å². The standard InChI is InChI=1S/C13H24N2/c1-13(2)8-12(13)15-10-4-3-5-11(15)7-9(14)6-10/h9-12H,3-8,14H2,1-2H3. The van der Waals surface area contributed by atoms with Gasteiger partial charge in [-0.1, -0.05) is 20.3 Å². The first kappa shape index (κ1) is 10.1. The van der Waals surface area contributed by atoms with Crippen LogP contribution in [0, 0.1) is 5.41 Å². The molecule has 0 aromatic heterocycles. The summed E-state index contributed by atoms with van der Waals surface area (Å²) in [5.41, 5.74) is 6.74. The highest BCUT2D eigenvalue weighted by Gasteiger charge is 2.54. The van der Waals surface area contributed by atoms with Gasteiger partial charge in [-0.15, -0.1) is 0 Å². The molecule has 2 saturated heterocycles. The summed E-state index contributed by atoms with van der Waals surface area (Å²) in [5.74, 6) is 0. The summed E-state index contributed by atoms with van der Waals surface area (Å²) in [6.07, 6.45) is 8.15. The van der Waals surface area contributed by atoms with Gasteiger partial charge in [0.15, 0.2) is 0 Å². The Morgan fingerprint density at radius 1 is 1.13 bits per heavy atom. The maximum absolute atomic E-state index is 6.15. The van der Waals surface area contributed by atoms with Gasteiger partial charge in [-0.05, 0) is 37.5 Å². The Balaban J connectivity index is 1.78. The van der Waals surface area contributed by atoms with Gasteiger partial charge in [0.1, 0.15) is 0 Å². The van der Waals surface area contributed by atoms with Crippen LogP contribution in [0.4, 0.5) is 0 Å². The lowest BCUT2D eigenvalue weighted by molar-refractivity contribution is 0.0150. The summed E-state index contributed by atoms with van der Waals surface area (Å²) >= 11 is 0. The van der Waals surface area contributed by atoms with E-state index in [1.807, 2.05) is 0 Å². The smallest absolute Gasteiger partial charge is 0.0158 e. The van der Waals surface area contributed by atoms with Crippen LogP contribution in [0.5, 0.6) is 0 Å². The normalized spacial score (nSPS) is 49.0. The zero-order chi connectivity index (χ0) is 10.6. The second-order valence-electron chi connectivity index (χ2n) is 6.63. The van der Waals surface area contributed by atoms with E-state index in [-0.39, 0.29) is 0 Å². The predicted octanol–water partition coefficient (Wildman–Crippen LogP) is 2.13. The van der Waals surface area contributed by atoms with Gasteiger partial charge in [0.2, 0.25) is 0 Å². The molecule has 3 rings (SSSR count). The molecule has 2 heterocycles. The second kappa shape index (κ2) is 3.21. The highest BCUT2D eigenvalue weighted by molar-refractivity contribution is 5.09. The van der Waals surface area contributed by atoms with Gasteiger partial charge in [0.05, 0.1) is 0 Å². The van der Waals surface area contributed by atoms with E-state index in [0.29, 0.717) is 11.5 Å². The van der Waals surface area contributed by atoms with Crippen LogP contribution in [0.1, 0.15) is 52.4 Å². The molecule has 3 aliphatic rings. The number of nitrogens with zero attached hydrogens (tertiary/aromatic N) is 1. The molecule has 2 N–H and O–H groups in total. The van der Waals surface area contributed by atoms with Crippen molar-refractivity contribution < 1.29 is 0 Å². The molecule has 3 unspecified atom stereocenters. The minimum absolute atomic E-state index is 0.485. The van der Waals surface area contributed by atoms with Crippen LogP contribution in [-0.2, 0) is 0 Å². The minimum atomic E-state index is 0.485. The number of piperidine rings is 2. The van der Waals surface area contributed by atoms with Gasteiger partial charge in [0, 0.05) is 24.2 Å². The first-order valence-corrected chi connectivity index (χ1v) is 6.61. The lowest BCUT2D eigenvalue weighted by Crippen LogP contribution is -2.56. The van der Waals surface area contributed by atoms with E-state index in [2.05, 4.69) is 18.7 Å². The van der Waals surface area contributed by atoms with Crippen LogP contribution in [0.3, 0.4) is 0 Å². The molecule has 2 aliphatic heterocycles. The molecule has 86 valence electrons. The van der Waals surface area contributed by atoms with Crippen molar-refractivity contribution in [2.45, 2.75) is 76.5 Å². The molecule has 0 spiro atoms. The first-order chi connectivity index (χ1) is 7.08. The molecule has 3 fully saturated rings. The van der Waals surface area contributed by atoms with Gasteiger partial charge in [-0.3, -0.25) is 4.90 Å². The van der Waals surface area contributed by atoms with E-state index in [4.69, 9.17) is 5.73 Å². The monoisotopic (exact) mass is 208 g/mol. The fraction of sp³-hybridized carbons (Fsp3) is 1.00. The molecule has 0 amide bonds. The van der Waals surface area contributed by atoms with E-state index in [1.54, 1.807) is 0 Å². The van der Waals surface area contributed by atoms with Gasteiger partial charge in [0.25, 0.3) is 0 Å². The SMILES string of the molecule is CC1(C)CC1N1C2CCCC1CC(N)C2. The molecule has 0 radical (unpaired) electrons. The Morgan fingerprint density at radius 3 is 2.13 bits per heavy atom. The summed E-state index contributed by atoms with van der Waals surface area (Å²) in [7, 11) is 0. The van der Waals surface area contributed by atoms with Gasteiger partial charge < -0.3 is 5.73 Å². The summed E-state index contributed by atoms with van der Waals surface area (Å²) < 4.78 is 0. The third kappa shape index (κ3) is 1.62. The van der Waals surface area contributed by atoms with Gasteiger partial charge >= 0.3 is 0 Å². The van der Waals surface area contributed by atoms with Crippen LogP contribution < -0.4 is 5.73 Å². The van der Waals surface area contributed by atoms with E-state index < -0.39 is 0 Å². The number of hydrogen-bond donors (Lipinski definition) is 1. The Morgan fingerprint density at radius 2 is 1.67 bits per heavy atom. The molecule has 2 bridgehead atoms. The molecule has 3 atom stereocenters. The van der Waals surface area contributed by atoms with Crippen LogP contribution in [0.25, 0.3) is 0 Å². The molecule has 0 aromatic carbocycles. The van der Waals surface area contributed by atoms with Crippen LogP contribution >= 0.6 is 0 Å². The van der Waals surface area contributed by atoms with Gasteiger partial charge in [-0.2, -0.15) is 0 Å². The molecule has 1 saturated carbocycles. The van der Waals surface area contributed by atoms with Crippen molar-refractivity contribution in [3.63, 3.8) is 0 Å². The molecule has 15 heavy (non-hydrogen) atoms. The third-order valence-corrected chi connectivity index (χ3v) is 4.89. The summed E-state index contributed by atoms with van der Waals surface area (Å²) in [6, 6.07) is 3.00. The second-order valence-corrected chi connectivity index (χ2v) is 6.63. The van der Waals surface area contributed by atoms with Crippen LogP contribution in [-0.4, -0.2) is 29.1 Å².